The minimum absolute atomic E-state index is 0.0432. The number of rotatable bonds is 2. The van der Waals surface area contributed by atoms with E-state index in [-0.39, 0.29) is 11.8 Å². The largest absolute Gasteiger partial charge is 0.479 e. The van der Waals surface area contributed by atoms with Crippen molar-refractivity contribution in [1.82, 2.24) is 0 Å². The zero-order valence-corrected chi connectivity index (χ0v) is 15.8. The van der Waals surface area contributed by atoms with Crippen molar-refractivity contribution in [2.45, 2.75) is 22.8 Å². The van der Waals surface area contributed by atoms with E-state index in [0.717, 1.165) is 16.9 Å². The molecule has 26 heavy (non-hydrogen) atoms. The van der Waals surface area contributed by atoms with Crippen molar-refractivity contribution in [2.75, 3.05) is 0 Å². The maximum Gasteiger partial charge on any atom is 0.174 e. The number of para-hydroxylation sites is 1. The molecule has 3 aromatic carbocycles. The third-order valence-electron chi connectivity index (χ3n) is 5.74. The fourth-order valence-corrected chi connectivity index (χ4v) is 5.41. The van der Waals surface area contributed by atoms with Gasteiger partial charge < -0.3 is 4.74 Å². The molecule has 0 saturated heterocycles. The lowest BCUT2D eigenvalue weighted by atomic mass is 9.82. The summed E-state index contributed by atoms with van der Waals surface area (Å²) in [5.41, 5.74) is 3.92. The first kappa shape index (κ1) is 16.2. The van der Waals surface area contributed by atoms with Crippen molar-refractivity contribution in [3.8, 4) is 5.75 Å². The summed E-state index contributed by atoms with van der Waals surface area (Å²) in [5.74, 6) is 0.912. The Morgan fingerprint density at radius 3 is 2.19 bits per heavy atom. The summed E-state index contributed by atoms with van der Waals surface area (Å²) in [5, 5.41) is 0. The molecule has 0 aromatic heterocycles. The molecule has 0 amide bonds. The van der Waals surface area contributed by atoms with Crippen molar-refractivity contribution in [3.05, 3.63) is 101 Å². The zero-order chi connectivity index (χ0) is 17.9. The molecule has 1 saturated carbocycles. The molecule has 2 aliphatic rings. The Balaban J connectivity index is 1.73. The van der Waals surface area contributed by atoms with Gasteiger partial charge in [-0.2, -0.15) is 0 Å². The molecule has 0 unspecified atom stereocenters. The van der Waals surface area contributed by atoms with Gasteiger partial charge in [0.2, 0.25) is 0 Å². The smallest absolute Gasteiger partial charge is 0.174 e. The summed E-state index contributed by atoms with van der Waals surface area (Å²) in [6.45, 7) is 2.10. The van der Waals surface area contributed by atoms with E-state index in [1.165, 1.54) is 11.1 Å². The highest BCUT2D eigenvalue weighted by Gasteiger charge is 2.83. The van der Waals surface area contributed by atoms with Gasteiger partial charge in [0.05, 0.1) is 5.92 Å². The molecular formula is C23H18Cl2O. The van der Waals surface area contributed by atoms with Crippen LogP contribution >= 0.6 is 23.2 Å². The molecular weight excluding hydrogens is 363 g/mol. The van der Waals surface area contributed by atoms with Crippen LogP contribution in [0.5, 0.6) is 5.75 Å². The number of hydrogen-bond donors (Lipinski definition) is 0. The van der Waals surface area contributed by atoms with Crippen LogP contribution in [0.4, 0.5) is 0 Å². The van der Waals surface area contributed by atoms with E-state index in [2.05, 4.69) is 49.4 Å². The fourth-order valence-electron chi connectivity index (χ4n) is 4.43. The summed E-state index contributed by atoms with van der Waals surface area (Å²) in [7, 11) is 0. The number of benzene rings is 3. The van der Waals surface area contributed by atoms with Gasteiger partial charge in [-0.1, -0.05) is 102 Å². The number of fused-ring (bicyclic) bond motifs is 2. The van der Waals surface area contributed by atoms with Gasteiger partial charge in [0.15, 0.2) is 9.93 Å². The lowest BCUT2D eigenvalue weighted by Gasteiger charge is -2.31. The van der Waals surface area contributed by atoms with Gasteiger partial charge in [-0.15, -0.1) is 0 Å². The van der Waals surface area contributed by atoms with Crippen LogP contribution < -0.4 is 4.74 Å². The predicted octanol–water partition coefficient (Wildman–Crippen LogP) is 6.22. The third-order valence-corrected chi connectivity index (χ3v) is 6.77. The first-order valence-corrected chi connectivity index (χ1v) is 9.59. The van der Waals surface area contributed by atoms with E-state index >= 15 is 0 Å². The molecule has 130 valence electrons. The summed E-state index contributed by atoms with van der Waals surface area (Å²) in [6, 6.07) is 26.9. The Labute approximate surface area is 163 Å². The highest BCUT2D eigenvalue weighted by Crippen LogP contribution is 2.77. The van der Waals surface area contributed by atoms with Gasteiger partial charge in [0.25, 0.3) is 0 Å². The van der Waals surface area contributed by atoms with E-state index in [9.17, 15) is 0 Å². The SMILES string of the molecule is Cc1ccc([C@@H]2c3ccccc3O[C@@]3(c4ccccc4)[C@@H]2C3(Cl)Cl)cc1. The Morgan fingerprint density at radius 1 is 0.808 bits per heavy atom. The summed E-state index contributed by atoms with van der Waals surface area (Å²) < 4.78 is 5.52. The molecule has 3 heteroatoms. The minimum atomic E-state index is -0.983. The van der Waals surface area contributed by atoms with Gasteiger partial charge >= 0.3 is 0 Å². The Morgan fingerprint density at radius 2 is 1.46 bits per heavy atom. The van der Waals surface area contributed by atoms with Crippen LogP contribution in [0.1, 0.15) is 28.2 Å². The number of alkyl halides is 2. The van der Waals surface area contributed by atoms with Gasteiger partial charge in [-0.05, 0) is 24.1 Å². The fraction of sp³-hybridized carbons (Fsp3) is 0.217. The lowest BCUT2D eigenvalue weighted by Crippen LogP contribution is -2.28. The standard InChI is InChI=1S/C23H18Cl2O/c1-15-11-13-16(14-12-15)20-18-9-5-6-10-19(18)26-22(21(20)23(22,24)25)17-7-3-2-4-8-17/h2-14,20-21H,1H3/t20-,21-,22+/m1/s1. The highest BCUT2D eigenvalue weighted by molar-refractivity contribution is 6.52. The molecule has 3 aromatic rings. The van der Waals surface area contributed by atoms with E-state index in [1.54, 1.807) is 0 Å². The molecule has 1 heterocycles. The van der Waals surface area contributed by atoms with E-state index in [1.807, 2.05) is 36.4 Å². The van der Waals surface area contributed by atoms with Crippen molar-refractivity contribution in [2.24, 2.45) is 5.92 Å². The van der Waals surface area contributed by atoms with Crippen molar-refractivity contribution in [1.29, 1.82) is 0 Å². The van der Waals surface area contributed by atoms with Crippen molar-refractivity contribution >= 4 is 23.2 Å². The molecule has 0 spiro atoms. The first-order valence-electron chi connectivity index (χ1n) is 8.83. The van der Waals surface area contributed by atoms with Crippen LogP contribution in [0.25, 0.3) is 0 Å². The lowest BCUT2D eigenvalue weighted by molar-refractivity contribution is 0.137. The van der Waals surface area contributed by atoms with Crippen LogP contribution in [0.2, 0.25) is 0 Å². The second kappa shape index (κ2) is 5.52. The minimum Gasteiger partial charge on any atom is -0.479 e. The van der Waals surface area contributed by atoms with Crippen LogP contribution in [0, 0.1) is 12.8 Å². The average Bonchev–Trinajstić information content (AvgIpc) is 3.17. The Hall–Kier alpha value is -1.96. The van der Waals surface area contributed by atoms with E-state index in [4.69, 9.17) is 27.9 Å². The molecule has 0 bridgehead atoms. The zero-order valence-electron chi connectivity index (χ0n) is 14.3. The normalized spacial score (nSPS) is 27.8. The van der Waals surface area contributed by atoms with Crippen LogP contribution in [0.3, 0.4) is 0 Å². The summed E-state index contributed by atoms with van der Waals surface area (Å²) in [6.07, 6.45) is 0. The van der Waals surface area contributed by atoms with Crippen LogP contribution in [0.15, 0.2) is 78.9 Å². The van der Waals surface area contributed by atoms with Gasteiger partial charge in [0, 0.05) is 11.5 Å². The van der Waals surface area contributed by atoms with Crippen LogP contribution in [-0.2, 0) is 5.60 Å². The molecule has 1 fully saturated rings. The molecule has 1 aliphatic carbocycles. The number of aryl methyl sites for hydroxylation is 1. The number of ether oxygens (including phenoxy) is 1. The van der Waals surface area contributed by atoms with Crippen molar-refractivity contribution in [3.63, 3.8) is 0 Å². The molecule has 1 nitrogen and oxygen atoms in total. The number of hydrogen-bond acceptors (Lipinski definition) is 1. The first-order chi connectivity index (χ1) is 12.6. The van der Waals surface area contributed by atoms with Crippen LogP contribution in [-0.4, -0.2) is 4.33 Å². The quantitative estimate of drug-likeness (QED) is 0.479. The Bertz CT molecular complexity index is 965. The van der Waals surface area contributed by atoms with Crippen molar-refractivity contribution < 1.29 is 4.74 Å². The molecule has 0 N–H and O–H groups in total. The second-order valence-corrected chi connectivity index (χ2v) is 8.62. The second-order valence-electron chi connectivity index (χ2n) is 7.23. The summed E-state index contributed by atoms with van der Waals surface area (Å²) in [4.78, 5) is 0. The molecule has 1 aliphatic heterocycles. The average molecular weight is 381 g/mol. The Kier molecular flexibility index (Phi) is 3.44. The van der Waals surface area contributed by atoms with Gasteiger partial charge in [-0.3, -0.25) is 0 Å². The predicted molar refractivity (Wildman–Crippen MR) is 106 cm³/mol. The third kappa shape index (κ3) is 2.05. The highest BCUT2D eigenvalue weighted by atomic mass is 35.5. The molecule has 5 rings (SSSR count). The monoisotopic (exact) mass is 380 g/mol. The maximum atomic E-state index is 6.91. The van der Waals surface area contributed by atoms with E-state index in [0.29, 0.717) is 0 Å². The summed E-state index contributed by atoms with van der Waals surface area (Å²) >= 11 is 13.8. The van der Waals surface area contributed by atoms with Gasteiger partial charge in [0.1, 0.15) is 5.75 Å². The molecule has 3 atom stereocenters. The topological polar surface area (TPSA) is 9.23 Å². The van der Waals surface area contributed by atoms with Gasteiger partial charge in [-0.25, -0.2) is 0 Å². The molecule has 0 radical (unpaired) electrons. The van der Waals surface area contributed by atoms with E-state index < -0.39 is 9.93 Å². The number of halogens is 2. The maximum absolute atomic E-state index is 6.91.